The smallest absolute Gasteiger partial charge is 0.315 e. The third kappa shape index (κ3) is 5.19. The van der Waals surface area contributed by atoms with Gasteiger partial charge in [-0.15, -0.1) is 11.3 Å². The van der Waals surface area contributed by atoms with E-state index in [0.717, 1.165) is 42.9 Å². The van der Waals surface area contributed by atoms with E-state index < -0.39 is 0 Å². The molecule has 5 heteroatoms. The molecule has 1 aliphatic carbocycles. The van der Waals surface area contributed by atoms with E-state index in [1.54, 1.807) is 11.3 Å². The third-order valence-corrected chi connectivity index (χ3v) is 4.49. The Kier molecular flexibility index (Phi) is 5.63. The minimum Gasteiger partial charge on any atom is -0.338 e. The summed E-state index contributed by atoms with van der Waals surface area (Å²) in [6.45, 7) is 2.73. The molecule has 4 nitrogen and oxygen atoms in total. The van der Waals surface area contributed by atoms with Gasteiger partial charge in [0, 0.05) is 30.1 Å². The number of amides is 2. The van der Waals surface area contributed by atoms with Gasteiger partial charge in [0.2, 0.25) is 0 Å². The minimum absolute atomic E-state index is 0.0118. The first-order valence-corrected chi connectivity index (χ1v) is 8.07. The summed E-state index contributed by atoms with van der Waals surface area (Å²) in [5.41, 5.74) is 1.09. The van der Waals surface area contributed by atoms with Crippen LogP contribution in [0.15, 0.2) is 5.38 Å². The predicted molar refractivity (Wildman–Crippen MR) is 78.6 cm³/mol. The fourth-order valence-electron chi connectivity index (χ4n) is 2.44. The molecule has 0 saturated heterocycles. The van der Waals surface area contributed by atoms with Crippen molar-refractivity contribution < 1.29 is 4.79 Å². The molecule has 2 amide bonds. The molecule has 1 heterocycles. The van der Waals surface area contributed by atoms with E-state index in [9.17, 15) is 4.79 Å². The van der Waals surface area contributed by atoms with E-state index in [1.807, 2.05) is 6.92 Å². The molecular weight excluding hydrogens is 258 g/mol. The highest BCUT2D eigenvalue weighted by Gasteiger charge is 2.14. The molecule has 2 rings (SSSR count). The molecule has 0 spiro atoms. The predicted octanol–water partition coefficient (Wildman–Crippen LogP) is 3.02. The zero-order chi connectivity index (χ0) is 13.5. The molecule has 0 bridgehead atoms. The van der Waals surface area contributed by atoms with Crippen LogP contribution in [0.1, 0.15) is 49.2 Å². The maximum Gasteiger partial charge on any atom is 0.315 e. The molecule has 19 heavy (non-hydrogen) atoms. The Morgan fingerprint density at radius 1 is 1.42 bits per heavy atom. The fraction of sp³-hybridized carbons (Fsp3) is 0.714. The van der Waals surface area contributed by atoms with Crippen LogP contribution in [0, 0.1) is 6.92 Å². The Bertz CT molecular complexity index is 399. The van der Waals surface area contributed by atoms with Gasteiger partial charge in [-0.1, -0.05) is 19.3 Å². The molecule has 0 unspecified atom stereocenters. The van der Waals surface area contributed by atoms with Gasteiger partial charge in [-0.2, -0.15) is 0 Å². The van der Waals surface area contributed by atoms with Crippen molar-refractivity contribution >= 4 is 17.4 Å². The second-order valence-corrected chi connectivity index (χ2v) is 6.16. The van der Waals surface area contributed by atoms with Gasteiger partial charge in [-0.05, 0) is 26.2 Å². The average molecular weight is 281 g/mol. The number of nitrogens with zero attached hydrogens (tertiary/aromatic N) is 1. The summed E-state index contributed by atoms with van der Waals surface area (Å²) in [5.74, 6) is 0. The van der Waals surface area contributed by atoms with Crippen molar-refractivity contribution in [1.82, 2.24) is 15.6 Å². The number of aromatic nitrogens is 1. The summed E-state index contributed by atoms with van der Waals surface area (Å²) in [6, 6.07) is 0.373. The van der Waals surface area contributed by atoms with Crippen LogP contribution in [0.2, 0.25) is 0 Å². The first-order valence-electron chi connectivity index (χ1n) is 7.19. The zero-order valence-corrected chi connectivity index (χ0v) is 12.4. The van der Waals surface area contributed by atoms with Crippen LogP contribution < -0.4 is 10.6 Å². The summed E-state index contributed by atoms with van der Waals surface area (Å²) in [6.07, 6.45) is 7.96. The second-order valence-electron chi connectivity index (χ2n) is 5.22. The normalized spacial score (nSPS) is 16.3. The van der Waals surface area contributed by atoms with E-state index in [0.29, 0.717) is 6.04 Å². The highest BCUT2D eigenvalue weighted by atomic mass is 32.1. The van der Waals surface area contributed by atoms with Crippen LogP contribution in [0.25, 0.3) is 0 Å². The van der Waals surface area contributed by atoms with E-state index in [4.69, 9.17) is 0 Å². The van der Waals surface area contributed by atoms with Crippen LogP contribution in [-0.4, -0.2) is 23.6 Å². The fourth-order valence-corrected chi connectivity index (χ4v) is 3.26. The summed E-state index contributed by atoms with van der Waals surface area (Å²) in [7, 11) is 0. The largest absolute Gasteiger partial charge is 0.338 e. The molecule has 0 aliphatic heterocycles. The number of hydrogen-bond acceptors (Lipinski definition) is 3. The van der Waals surface area contributed by atoms with Gasteiger partial charge in [-0.25, -0.2) is 9.78 Å². The molecule has 0 aromatic carbocycles. The molecule has 1 saturated carbocycles. The lowest BCUT2D eigenvalue weighted by Crippen LogP contribution is -2.43. The Labute approximate surface area is 119 Å². The molecule has 106 valence electrons. The molecular formula is C14H23N3OS. The number of aryl methyl sites for hydroxylation is 2. The lowest BCUT2D eigenvalue weighted by molar-refractivity contribution is 0.232. The highest BCUT2D eigenvalue weighted by Crippen LogP contribution is 2.17. The monoisotopic (exact) mass is 281 g/mol. The maximum atomic E-state index is 11.7. The van der Waals surface area contributed by atoms with Gasteiger partial charge in [0.05, 0.1) is 5.01 Å². The summed E-state index contributed by atoms with van der Waals surface area (Å²) in [5, 5.41) is 9.22. The maximum absolute atomic E-state index is 11.7. The molecule has 0 atom stereocenters. The Balaban J connectivity index is 1.56. The number of hydrogen-bond donors (Lipinski definition) is 2. The summed E-state index contributed by atoms with van der Waals surface area (Å²) >= 11 is 1.70. The lowest BCUT2D eigenvalue weighted by Gasteiger charge is -2.22. The second kappa shape index (κ2) is 7.48. The van der Waals surface area contributed by atoms with E-state index in [1.165, 1.54) is 19.3 Å². The van der Waals surface area contributed by atoms with Crippen molar-refractivity contribution in [3.63, 3.8) is 0 Å². The number of urea groups is 1. The van der Waals surface area contributed by atoms with Crippen molar-refractivity contribution in [2.75, 3.05) is 6.54 Å². The Morgan fingerprint density at radius 2 is 2.21 bits per heavy atom. The number of thiazole rings is 1. The van der Waals surface area contributed by atoms with Crippen LogP contribution in [0.5, 0.6) is 0 Å². The minimum atomic E-state index is -0.0118. The van der Waals surface area contributed by atoms with Crippen LogP contribution in [0.4, 0.5) is 4.79 Å². The van der Waals surface area contributed by atoms with E-state index in [-0.39, 0.29) is 6.03 Å². The Morgan fingerprint density at radius 3 is 2.89 bits per heavy atom. The number of nitrogens with one attached hydrogen (secondary N) is 2. The van der Waals surface area contributed by atoms with Gasteiger partial charge in [0.25, 0.3) is 0 Å². The molecule has 1 aromatic heterocycles. The standard InChI is InChI=1S/C14H23N3OS/c1-11-10-19-13(16-11)8-5-9-15-14(18)17-12-6-3-2-4-7-12/h10,12H,2-9H2,1H3,(H2,15,17,18). The first-order chi connectivity index (χ1) is 9.24. The number of rotatable bonds is 5. The molecule has 2 N–H and O–H groups in total. The lowest BCUT2D eigenvalue weighted by atomic mass is 9.96. The quantitative estimate of drug-likeness (QED) is 0.815. The SMILES string of the molecule is Cc1csc(CCCNC(=O)NC2CCCCC2)n1. The average Bonchev–Trinajstić information content (AvgIpc) is 2.82. The van der Waals surface area contributed by atoms with Crippen molar-refractivity contribution in [3.8, 4) is 0 Å². The number of carbonyl (C=O) groups excluding carboxylic acids is 1. The molecule has 1 aliphatic rings. The molecule has 0 radical (unpaired) electrons. The van der Waals surface area contributed by atoms with Crippen LogP contribution in [-0.2, 0) is 6.42 Å². The van der Waals surface area contributed by atoms with Crippen LogP contribution in [0.3, 0.4) is 0 Å². The molecule has 1 aromatic rings. The van der Waals surface area contributed by atoms with Gasteiger partial charge < -0.3 is 10.6 Å². The zero-order valence-electron chi connectivity index (χ0n) is 11.6. The van der Waals surface area contributed by atoms with E-state index >= 15 is 0 Å². The summed E-state index contributed by atoms with van der Waals surface area (Å²) in [4.78, 5) is 16.1. The number of carbonyl (C=O) groups is 1. The van der Waals surface area contributed by atoms with Gasteiger partial charge in [-0.3, -0.25) is 0 Å². The molecule has 1 fully saturated rings. The Hall–Kier alpha value is -1.10. The van der Waals surface area contributed by atoms with Gasteiger partial charge >= 0.3 is 6.03 Å². The van der Waals surface area contributed by atoms with Crippen molar-refractivity contribution in [1.29, 1.82) is 0 Å². The summed E-state index contributed by atoms with van der Waals surface area (Å²) < 4.78 is 0. The van der Waals surface area contributed by atoms with Gasteiger partial charge in [0.1, 0.15) is 0 Å². The van der Waals surface area contributed by atoms with Crippen molar-refractivity contribution in [3.05, 3.63) is 16.1 Å². The van der Waals surface area contributed by atoms with Gasteiger partial charge in [0.15, 0.2) is 0 Å². The van der Waals surface area contributed by atoms with E-state index in [2.05, 4.69) is 21.0 Å². The first kappa shape index (κ1) is 14.3. The van der Waals surface area contributed by atoms with Crippen LogP contribution >= 0.6 is 11.3 Å². The van der Waals surface area contributed by atoms with Crippen molar-refractivity contribution in [2.24, 2.45) is 0 Å². The van der Waals surface area contributed by atoms with Crippen molar-refractivity contribution in [2.45, 2.75) is 57.9 Å². The topological polar surface area (TPSA) is 54.0 Å². The third-order valence-electron chi connectivity index (χ3n) is 3.46. The highest BCUT2D eigenvalue weighted by molar-refractivity contribution is 7.09.